The zero-order valence-electron chi connectivity index (χ0n) is 10.1. The van der Waals surface area contributed by atoms with E-state index in [1.165, 1.54) is 0 Å². The monoisotopic (exact) mass is 221 g/mol. The van der Waals surface area contributed by atoms with Gasteiger partial charge in [-0.05, 0) is 23.1 Å². The maximum absolute atomic E-state index is 11.6. The van der Waals surface area contributed by atoms with Crippen LogP contribution in [-0.4, -0.2) is 17.6 Å². The molecule has 0 aliphatic rings. The van der Waals surface area contributed by atoms with E-state index in [1.807, 2.05) is 0 Å². The molecule has 0 aromatic heterocycles. The molecule has 0 atom stereocenters. The molecule has 88 valence electrons. The molecule has 0 saturated carbocycles. The average Bonchev–Trinajstić information content (AvgIpc) is 2.18. The highest BCUT2D eigenvalue weighted by molar-refractivity contribution is 5.78. The summed E-state index contributed by atoms with van der Waals surface area (Å²) in [5, 5.41) is 12.0. The van der Waals surface area contributed by atoms with Crippen molar-refractivity contribution in [2.75, 3.05) is 6.54 Å². The highest BCUT2D eigenvalue weighted by Gasteiger charge is 2.11. The van der Waals surface area contributed by atoms with Gasteiger partial charge < -0.3 is 10.4 Å². The first-order valence-electron chi connectivity index (χ1n) is 5.41. The van der Waals surface area contributed by atoms with Crippen LogP contribution < -0.4 is 5.32 Å². The highest BCUT2D eigenvalue weighted by Crippen LogP contribution is 2.12. The summed E-state index contributed by atoms with van der Waals surface area (Å²) >= 11 is 0. The second-order valence-electron chi connectivity index (χ2n) is 5.18. The molecule has 0 aliphatic heterocycles. The van der Waals surface area contributed by atoms with Gasteiger partial charge in [-0.25, -0.2) is 0 Å². The Bertz CT molecular complexity index is 349. The third-order valence-corrected chi connectivity index (χ3v) is 2.12. The van der Waals surface area contributed by atoms with Crippen LogP contribution in [0.3, 0.4) is 0 Å². The second kappa shape index (κ2) is 5.01. The number of hydrogen-bond acceptors (Lipinski definition) is 2. The standard InChI is InChI=1S/C13H19NO2/c1-13(2,3)9-14-12(16)8-10-4-6-11(15)7-5-10/h4-7,15H,8-9H2,1-3H3,(H,14,16). The van der Waals surface area contributed by atoms with E-state index in [0.717, 1.165) is 5.56 Å². The number of phenolic OH excluding ortho intramolecular Hbond substituents is 1. The van der Waals surface area contributed by atoms with Crippen molar-refractivity contribution in [3.63, 3.8) is 0 Å². The predicted molar refractivity (Wildman–Crippen MR) is 64.3 cm³/mol. The number of carbonyl (C=O) groups is 1. The molecule has 0 spiro atoms. The van der Waals surface area contributed by atoms with E-state index in [9.17, 15) is 4.79 Å². The number of benzene rings is 1. The quantitative estimate of drug-likeness (QED) is 0.821. The number of amides is 1. The van der Waals surface area contributed by atoms with Crippen LogP contribution in [0.2, 0.25) is 0 Å². The maximum Gasteiger partial charge on any atom is 0.224 e. The maximum atomic E-state index is 11.6. The fourth-order valence-electron chi connectivity index (χ4n) is 1.23. The highest BCUT2D eigenvalue weighted by atomic mass is 16.3. The van der Waals surface area contributed by atoms with Crippen LogP contribution in [0.15, 0.2) is 24.3 Å². The molecule has 1 aromatic carbocycles. The summed E-state index contributed by atoms with van der Waals surface area (Å²) in [7, 11) is 0. The molecule has 0 radical (unpaired) electrons. The Kier molecular flexibility index (Phi) is 3.93. The number of carbonyl (C=O) groups excluding carboxylic acids is 1. The largest absolute Gasteiger partial charge is 0.508 e. The molecule has 1 aromatic rings. The molecule has 0 aliphatic carbocycles. The minimum Gasteiger partial charge on any atom is -0.508 e. The Morgan fingerprint density at radius 1 is 1.25 bits per heavy atom. The van der Waals surface area contributed by atoms with Crippen LogP contribution in [0.1, 0.15) is 26.3 Å². The van der Waals surface area contributed by atoms with Crippen LogP contribution in [0.25, 0.3) is 0 Å². The first-order chi connectivity index (χ1) is 7.37. The van der Waals surface area contributed by atoms with Crippen molar-refractivity contribution < 1.29 is 9.90 Å². The van der Waals surface area contributed by atoms with Gasteiger partial charge in [0.1, 0.15) is 5.75 Å². The fourth-order valence-corrected chi connectivity index (χ4v) is 1.23. The lowest BCUT2D eigenvalue weighted by Crippen LogP contribution is -2.33. The Morgan fingerprint density at radius 2 is 1.81 bits per heavy atom. The van der Waals surface area contributed by atoms with Gasteiger partial charge in [0.25, 0.3) is 0 Å². The van der Waals surface area contributed by atoms with Crippen LogP contribution in [-0.2, 0) is 11.2 Å². The molecule has 3 nitrogen and oxygen atoms in total. The number of aromatic hydroxyl groups is 1. The molecule has 0 fully saturated rings. The van der Waals surface area contributed by atoms with E-state index < -0.39 is 0 Å². The number of nitrogens with one attached hydrogen (secondary N) is 1. The van der Waals surface area contributed by atoms with E-state index in [1.54, 1.807) is 24.3 Å². The van der Waals surface area contributed by atoms with E-state index in [-0.39, 0.29) is 17.1 Å². The van der Waals surface area contributed by atoms with Gasteiger partial charge in [-0.2, -0.15) is 0 Å². The van der Waals surface area contributed by atoms with E-state index in [4.69, 9.17) is 5.11 Å². The molecular weight excluding hydrogens is 202 g/mol. The van der Waals surface area contributed by atoms with Gasteiger partial charge >= 0.3 is 0 Å². The van der Waals surface area contributed by atoms with Crippen molar-refractivity contribution >= 4 is 5.91 Å². The first-order valence-corrected chi connectivity index (χ1v) is 5.41. The zero-order chi connectivity index (χ0) is 12.2. The summed E-state index contributed by atoms with van der Waals surface area (Å²) in [6.07, 6.45) is 0.357. The summed E-state index contributed by atoms with van der Waals surface area (Å²) in [6.45, 7) is 6.90. The van der Waals surface area contributed by atoms with Crippen molar-refractivity contribution in [2.45, 2.75) is 27.2 Å². The first kappa shape index (κ1) is 12.6. The summed E-state index contributed by atoms with van der Waals surface area (Å²) in [5.41, 5.74) is 1.01. The van der Waals surface area contributed by atoms with Crippen molar-refractivity contribution in [2.24, 2.45) is 5.41 Å². The topological polar surface area (TPSA) is 49.3 Å². The molecule has 1 amide bonds. The van der Waals surface area contributed by atoms with E-state index in [0.29, 0.717) is 13.0 Å². The number of hydrogen-bond donors (Lipinski definition) is 2. The van der Waals surface area contributed by atoms with Gasteiger partial charge in [-0.15, -0.1) is 0 Å². The Morgan fingerprint density at radius 3 is 2.31 bits per heavy atom. The smallest absolute Gasteiger partial charge is 0.224 e. The van der Waals surface area contributed by atoms with Crippen molar-refractivity contribution in [1.82, 2.24) is 5.32 Å². The van der Waals surface area contributed by atoms with Crippen molar-refractivity contribution in [1.29, 1.82) is 0 Å². The van der Waals surface area contributed by atoms with Crippen molar-refractivity contribution in [3.05, 3.63) is 29.8 Å². The average molecular weight is 221 g/mol. The zero-order valence-corrected chi connectivity index (χ0v) is 10.1. The minimum absolute atomic E-state index is 0.0145. The van der Waals surface area contributed by atoms with Gasteiger partial charge in [0, 0.05) is 6.54 Å². The molecule has 3 heteroatoms. The molecule has 0 heterocycles. The van der Waals surface area contributed by atoms with E-state index >= 15 is 0 Å². The lowest BCUT2D eigenvalue weighted by Gasteiger charge is -2.18. The lowest BCUT2D eigenvalue weighted by molar-refractivity contribution is -0.120. The summed E-state index contributed by atoms with van der Waals surface area (Å²) in [5.74, 6) is 0.236. The van der Waals surface area contributed by atoms with Gasteiger partial charge in [0.15, 0.2) is 0 Å². The second-order valence-corrected chi connectivity index (χ2v) is 5.18. The molecule has 1 rings (SSSR count). The lowest BCUT2D eigenvalue weighted by atomic mass is 9.97. The number of rotatable bonds is 3. The van der Waals surface area contributed by atoms with Crippen LogP contribution >= 0.6 is 0 Å². The van der Waals surface area contributed by atoms with Crippen LogP contribution in [0.4, 0.5) is 0 Å². The van der Waals surface area contributed by atoms with Gasteiger partial charge in [-0.1, -0.05) is 32.9 Å². The molecule has 2 N–H and O–H groups in total. The van der Waals surface area contributed by atoms with Gasteiger partial charge in [0.2, 0.25) is 5.91 Å². The van der Waals surface area contributed by atoms with E-state index in [2.05, 4.69) is 26.1 Å². The van der Waals surface area contributed by atoms with Gasteiger partial charge in [0.05, 0.1) is 6.42 Å². The molecule has 0 saturated heterocycles. The number of phenols is 1. The van der Waals surface area contributed by atoms with Crippen LogP contribution in [0, 0.1) is 5.41 Å². The van der Waals surface area contributed by atoms with Gasteiger partial charge in [-0.3, -0.25) is 4.79 Å². The minimum atomic E-state index is 0.0145. The molecule has 0 unspecified atom stereocenters. The normalized spacial score (nSPS) is 11.2. The molecule has 0 bridgehead atoms. The summed E-state index contributed by atoms with van der Waals surface area (Å²) in [6, 6.07) is 6.69. The summed E-state index contributed by atoms with van der Waals surface area (Å²) < 4.78 is 0. The summed E-state index contributed by atoms with van der Waals surface area (Å²) in [4.78, 5) is 11.6. The molecule has 16 heavy (non-hydrogen) atoms. The Labute approximate surface area is 96.5 Å². The Balaban J connectivity index is 2.43. The SMILES string of the molecule is CC(C)(C)CNC(=O)Cc1ccc(O)cc1. The van der Waals surface area contributed by atoms with Crippen LogP contribution in [0.5, 0.6) is 5.75 Å². The fraction of sp³-hybridized carbons (Fsp3) is 0.462. The third kappa shape index (κ3) is 4.82. The predicted octanol–water partition coefficient (Wildman–Crippen LogP) is 2.10. The van der Waals surface area contributed by atoms with Crippen molar-refractivity contribution in [3.8, 4) is 5.75 Å². The Hall–Kier alpha value is -1.51. The molecular formula is C13H19NO2. The third-order valence-electron chi connectivity index (χ3n) is 2.12.